The van der Waals surface area contributed by atoms with Gasteiger partial charge in [0.1, 0.15) is 5.75 Å². The Balaban J connectivity index is 2.27. The van der Waals surface area contributed by atoms with Gasteiger partial charge in [-0.3, -0.25) is 10.1 Å². The van der Waals surface area contributed by atoms with Crippen LogP contribution in [0, 0.1) is 10.1 Å². The predicted molar refractivity (Wildman–Crippen MR) is 80.7 cm³/mol. The third kappa shape index (κ3) is 3.57. The first-order chi connectivity index (χ1) is 10.0. The second-order valence-electron chi connectivity index (χ2n) is 4.47. The maximum atomic E-state index is 10.9. The number of nitro groups is 1. The molecule has 1 unspecified atom stereocenters. The number of rotatable bonds is 6. The molecule has 21 heavy (non-hydrogen) atoms. The number of hydrogen-bond donors (Lipinski definition) is 0. The van der Waals surface area contributed by atoms with Crippen molar-refractivity contribution >= 4 is 21.6 Å². The average Bonchev–Trinajstić information content (AvgIpc) is 2.94. The van der Waals surface area contributed by atoms with Crippen molar-refractivity contribution in [3.63, 3.8) is 0 Å². The number of ether oxygens (including phenoxy) is 1. The van der Waals surface area contributed by atoms with Gasteiger partial charge in [-0.15, -0.1) is 5.10 Å². The van der Waals surface area contributed by atoms with Gasteiger partial charge < -0.3 is 4.74 Å². The van der Waals surface area contributed by atoms with Crippen molar-refractivity contribution < 1.29 is 9.66 Å². The minimum Gasteiger partial charge on any atom is -0.496 e. The number of nitrogens with zero attached hydrogens (tertiary/aromatic N) is 4. The van der Waals surface area contributed by atoms with E-state index in [0.717, 1.165) is 12.1 Å². The monoisotopic (exact) mass is 354 g/mol. The molecule has 0 aliphatic heterocycles. The lowest BCUT2D eigenvalue weighted by atomic mass is 10.1. The zero-order chi connectivity index (χ0) is 15.4. The van der Waals surface area contributed by atoms with Gasteiger partial charge in [-0.1, -0.05) is 28.1 Å². The lowest BCUT2D eigenvalue weighted by Crippen LogP contribution is -2.03. The number of nitro benzene ring substituents is 1. The Hall–Kier alpha value is -1.96. The quantitative estimate of drug-likeness (QED) is 0.452. The van der Waals surface area contributed by atoms with Crippen LogP contribution in [0.3, 0.4) is 0 Å². The zero-order valence-electron chi connectivity index (χ0n) is 11.7. The van der Waals surface area contributed by atoms with Gasteiger partial charge in [0, 0.05) is 23.9 Å². The summed E-state index contributed by atoms with van der Waals surface area (Å²) in [6, 6.07) is 4.50. The van der Waals surface area contributed by atoms with Gasteiger partial charge in [0.15, 0.2) is 0 Å². The SMILES string of the molecule is CCC(Br)c1cn(Cc2cc([N+](=O)[O-])ccc2OC)nn1. The highest BCUT2D eigenvalue weighted by atomic mass is 79.9. The van der Waals surface area contributed by atoms with Crippen LogP contribution < -0.4 is 4.74 Å². The lowest BCUT2D eigenvalue weighted by Gasteiger charge is -2.08. The minimum absolute atomic E-state index is 0.0260. The summed E-state index contributed by atoms with van der Waals surface area (Å²) in [6.07, 6.45) is 2.72. The van der Waals surface area contributed by atoms with E-state index in [4.69, 9.17) is 4.74 Å². The van der Waals surface area contributed by atoms with E-state index < -0.39 is 4.92 Å². The van der Waals surface area contributed by atoms with Crippen LogP contribution in [-0.4, -0.2) is 27.0 Å². The van der Waals surface area contributed by atoms with Crippen molar-refractivity contribution in [2.45, 2.75) is 24.7 Å². The van der Waals surface area contributed by atoms with E-state index in [-0.39, 0.29) is 10.5 Å². The molecule has 0 radical (unpaired) electrons. The highest BCUT2D eigenvalue weighted by Gasteiger charge is 2.14. The number of aromatic nitrogens is 3. The van der Waals surface area contributed by atoms with E-state index in [1.807, 2.05) is 13.1 Å². The Bertz CT molecular complexity index is 644. The summed E-state index contributed by atoms with van der Waals surface area (Å²) < 4.78 is 6.87. The van der Waals surface area contributed by atoms with Crippen LogP contribution in [0.15, 0.2) is 24.4 Å². The standard InChI is InChI=1S/C13H15BrN4O3/c1-3-11(14)12-8-17(16-15-12)7-9-6-10(18(19)20)4-5-13(9)21-2/h4-6,8,11H,3,7H2,1-2H3. The molecule has 8 heteroatoms. The molecule has 1 aromatic carbocycles. The number of alkyl halides is 1. The maximum absolute atomic E-state index is 10.9. The first-order valence-electron chi connectivity index (χ1n) is 6.40. The van der Waals surface area contributed by atoms with E-state index in [9.17, 15) is 10.1 Å². The summed E-state index contributed by atoms with van der Waals surface area (Å²) in [5.41, 5.74) is 1.55. The molecular formula is C13H15BrN4O3. The average molecular weight is 355 g/mol. The minimum atomic E-state index is -0.429. The van der Waals surface area contributed by atoms with Crippen LogP contribution >= 0.6 is 15.9 Å². The van der Waals surface area contributed by atoms with Crippen LogP contribution in [0.2, 0.25) is 0 Å². The van der Waals surface area contributed by atoms with Gasteiger partial charge in [0.2, 0.25) is 0 Å². The fraction of sp³-hybridized carbons (Fsp3) is 0.385. The van der Waals surface area contributed by atoms with Crippen molar-refractivity contribution in [1.29, 1.82) is 0 Å². The first kappa shape index (κ1) is 15.4. The molecule has 112 valence electrons. The van der Waals surface area contributed by atoms with Crippen molar-refractivity contribution in [2.75, 3.05) is 7.11 Å². The summed E-state index contributed by atoms with van der Waals surface area (Å²) in [6.45, 7) is 2.41. The zero-order valence-corrected chi connectivity index (χ0v) is 13.3. The number of halogens is 1. The Morgan fingerprint density at radius 2 is 2.29 bits per heavy atom. The van der Waals surface area contributed by atoms with Crippen molar-refractivity contribution in [3.05, 3.63) is 45.8 Å². The molecule has 0 aliphatic rings. The molecule has 7 nitrogen and oxygen atoms in total. The van der Waals surface area contributed by atoms with Gasteiger partial charge in [-0.2, -0.15) is 0 Å². The number of hydrogen-bond acceptors (Lipinski definition) is 5. The van der Waals surface area contributed by atoms with E-state index >= 15 is 0 Å². The highest BCUT2D eigenvalue weighted by Crippen LogP contribution is 2.26. The summed E-state index contributed by atoms with van der Waals surface area (Å²) >= 11 is 3.51. The van der Waals surface area contributed by atoms with E-state index in [1.165, 1.54) is 19.2 Å². The summed E-state index contributed by atoms with van der Waals surface area (Å²) in [5, 5.41) is 19.0. The molecule has 0 spiro atoms. The topological polar surface area (TPSA) is 83.1 Å². The third-order valence-corrected chi connectivity index (χ3v) is 4.16. The third-order valence-electron chi connectivity index (χ3n) is 3.04. The largest absolute Gasteiger partial charge is 0.496 e. The van der Waals surface area contributed by atoms with Crippen LogP contribution in [0.5, 0.6) is 5.75 Å². The lowest BCUT2D eigenvalue weighted by molar-refractivity contribution is -0.384. The molecule has 1 heterocycles. The summed E-state index contributed by atoms with van der Waals surface area (Å²) in [7, 11) is 1.53. The smallest absolute Gasteiger partial charge is 0.270 e. The van der Waals surface area contributed by atoms with Crippen LogP contribution in [0.1, 0.15) is 29.4 Å². The molecule has 1 aromatic heterocycles. The molecule has 0 N–H and O–H groups in total. The van der Waals surface area contributed by atoms with Gasteiger partial charge in [0.25, 0.3) is 5.69 Å². The Morgan fingerprint density at radius 1 is 1.52 bits per heavy atom. The summed E-state index contributed by atoms with van der Waals surface area (Å²) in [5.74, 6) is 0.587. The molecule has 1 atom stereocenters. The number of benzene rings is 1. The van der Waals surface area contributed by atoms with Crippen molar-refractivity contribution in [3.8, 4) is 5.75 Å². The van der Waals surface area contributed by atoms with E-state index in [0.29, 0.717) is 17.9 Å². The second-order valence-corrected chi connectivity index (χ2v) is 5.58. The van der Waals surface area contributed by atoms with Crippen LogP contribution in [-0.2, 0) is 6.54 Å². The fourth-order valence-electron chi connectivity index (χ4n) is 1.92. The van der Waals surface area contributed by atoms with E-state index in [1.54, 1.807) is 10.7 Å². The number of methoxy groups -OCH3 is 1. The molecule has 0 amide bonds. The molecule has 0 aliphatic carbocycles. The normalized spacial score (nSPS) is 12.1. The molecule has 0 saturated carbocycles. The van der Waals surface area contributed by atoms with Crippen LogP contribution in [0.25, 0.3) is 0 Å². The van der Waals surface area contributed by atoms with E-state index in [2.05, 4.69) is 26.2 Å². The Labute approximate surface area is 130 Å². The van der Waals surface area contributed by atoms with Crippen molar-refractivity contribution in [2.24, 2.45) is 0 Å². The molecule has 2 rings (SSSR count). The maximum Gasteiger partial charge on any atom is 0.270 e. The first-order valence-corrected chi connectivity index (χ1v) is 7.32. The van der Waals surface area contributed by atoms with Crippen LogP contribution in [0.4, 0.5) is 5.69 Å². The second kappa shape index (κ2) is 6.66. The van der Waals surface area contributed by atoms with Gasteiger partial charge in [0.05, 0.1) is 29.1 Å². The molecule has 2 aromatic rings. The van der Waals surface area contributed by atoms with Gasteiger partial charge >= 0.3 is 0 Å². The Morgan fingerprint density at radius 3 is 2.90 bits per heavy atom. The molecule has 0 bridgehead atoms. The highest BCUT2D eigenvalue weighted by molar-refractivity contribution is 9.09. The van der Waals surface area contributed by atoms with Gasteiger partial charge in [-0.25, -0.2) is 4.68 Å². The Kier molecular flexibility index (Phi) is 4.89. The molecular weight excluding hydrogens is 340 g/mol. The van der Waals surface area contributed by atoms with Crippen molar-refractivity contribution in [1.82, 2.24) is 15.0 Å². The molecule has 0 fully saturated rings. The fourth-order valence-corrected chi connectivity index (χ4v) is 2.13. The summed E-state index contributed by atoms with van der Waals surface area (Å²) in [4.78, 5) is 10.6. The number of non-ortho nitro benzene ring substituents is 1. The predicted octanol–water partition coefficient (Wildman–Crippen LogP) is 3.09. The van der Waals surface area contributed by atoms with Gasteiger partial charge in [-0.05, 0) is 12.5 Å². The molecule has 0 saturated heterocycles.